The zero-order valence-electron chi connectivity index (χ0n) is 17.9. The molecule has 2 N–H and O–H groups in total. The van der Waals surface area contributed by atoms with Gasteiger partial charge in [-0.1, -0.05) is 31.9 Å². The van der Waals surface area contributed by atoms with Crippen LogP contribution in [0.1, 0.15) is 65.0 Å². The minimum Gasteiger partial charge on any atom is -0.459 e. The van der Waals surface area contributed by atoms with Crippen LogP contribution in [0.25, 0.3) is 0 Å². The van der Waals surface area contributed by atoms with Crippen molar-refractivity contribution in [3.63, 3.8) is 0 Å². The second kappa shape index (κ2) is 10.1. The predicted molar refractivity (Wildman–Crippen MR) is 112 cm³/mol. The van der Waals surface area contributed by atoms with E-state index in [4.69, 9.17) is 4.74 Å². The van der Waals surface area contributed by atoms with E-state index in [1.54, 1.807) is 46.0 Å². The number of esters is 1. The Morgan fingerprint density at radius 1 is 1.28 bits per heavy atom. The third-order valence-corrected chi connectivity index (χ3v) is 4.83. The maximum absolute atomic E-state index is 12.7. The average molecular weight is 402 g/mol. The van der Waals surface area contributed by atoms with E-state index in [1.165, 1.54) is 4.90 Å². The van der Waals surface area contributed by atoms with Crippen molar-refractivity contribution < 1.29 is 19.1 Å². The molecular weight excluding hydrogens is 370 g/mol. The number of benzene rings is 1. The van der Waals surface area contributed by atoms with Gasteiger partial charge in [-0.3, -0.25) is 4.79 Å². The van der Waals surface area contributed by atoms with Gasteiger partial charge in [0.1, 0.15) is 0 Å². The van der Waals surface area contributed by atoms with Gasteiger partial charge in [-0.15, -0.1) is 0 Å². The Hall–Kier alpha value is -2.83. The minimum absolute atomic E-state index is 0.0471. The number of amides is 3. The van der Waals surface area contributed by atoms with E-state index in [2.05, 4.69) is 17.6 Å². The molecule has 1 aromatic rings. The number of ether oxygens (including phenoxy) is 1. The summed E-state index contributed by atoms with van der Waals surface area (Å²) in [4.78, 5) is 38.6. The smallest absolute Gasteiger partial charge is 0.338 e. The molecule has 7 nitrogen and oxygen atoms in total. The van der Waals surface area contributed by atoms with Crippen molar-refractivity contribution in [2.75, 3.05) is 12.4 Å². The molecule has 0 saturated heterocycles. The lowest BCUT2D eigenvalue weighted by Crippen LogP contribution is -2.46. The summed E-state index contributed by atoms with van der Waals surface area (Å²) < 4.78 is 5.40. The first-order valence-electron chi connectivity index (χ1n) is 10.1. The SMILES string of the molecule is CCCCCC(=O)Nc1cccc([C@@H]2NC(=O)N(C)C(C)=C2C(=O)OC(C)C)c1. The van der Waals surface area contributed by atoms with E-state index in [0.717, 1.165) is 19.3 Å². The number of allylic oxidation sites excluding steroid dienone is 1. The van der Waals surface area contributed by atoms with Crippen molar-refractivity contribution in [3.8, 4) is 0 Å². The van der Waals surface area contributed by atoms with Crippen molar-refractivity contribution in [2.45, 2.75) is 65.5 Å². The number of urea groups is 1. The first-order chi connectivity index (χ1) is 13.7. The van der Waals surface area contributed by atoms with Crippen LogP contribution in [-0.2, 0) is 14.3 Å². The summed E-state index contributed by atoms with van der Waals surface area (Å²) in [7, 11) is 1.61. The topological polar surface area (TPSA) is 87.7 Å². The first kappa shape index (κ1) is 22.5. The van der Waals surface area contributed by atoms with Gasteiger partial charge < -0.3 is 20.3 Å². The van der Waals surface area contributed by atoms with E-state index in [9.17, 15) is 14.4 Å². The Bertz CT molecular complexity index is 801. The molecule has 0 aliphatic carbocycles. The van der Waals surface area contributed by atoms with Gasteiger partial charge in [0.05, 0.1) is 17.7 Å². The van der Waals surface area contributed by atoms with Crippen molar-refractivity contribution in [2.24, 2.45) is 0 Å². The zero-order chi connectivity index (χ0) is 21.6. The van der Waals surface area contributed by atoms with Gasteiger partial charge >= 0.3 is 12.0 Å². The Balaban J connectivity index is 2.29. The third-order valence-electron chi connectivity index (χ3n) is 4.83. The fourth-order valence-electron chi connectivity index (χ4n) is 3.18. The van der Waals surface area contributed by atoms with Gasteiger partial charge in [0.15, 0.2) is 0 Å². The maximum atomic E-state index is 12.7. The highest BCUT2D eigenvalue weighted by atomic mass is 16.5. The minimum atomic E-state index is -0.651. The highest BCUT2D eigenvalue weighted by Crippen LogP contribution is 2.32. The molecule has 0 spiro atoms. The molecule has 0 fully saturated rings. The molecule has 158 valence electrons. The number of carbonyl (C=O) groups is 3. The molecular formula is C22H31N3O4. The molecule has 7 heteroatoms. The van der Waals surface area contributed by atoms with E-state index in [-0.39, 0.29) is 18.0 Å². The molecule has 0 bridgehead atoms. The van der Waals surface area contributed by atoms with Crippen LogP contribution in [0.2, 0.25) is 0 Å². The molecule has 29 heavy (non-hydrogen) atoms. The van der Waals surface area contributed by atoms with Crippen LogP contribution in [0.15, 0.2) is 35.5 Å². The molecule has 1 aliphatic rings. The fraction of sp³-hybridized carbons (Fsp3) is 0.500. The number of carbonyl (C=O) groups excluding carboxylic acids is 3. The lowest BCUT2D eigenvalue weighted by Gasteiger charge is -2.33. The zero-order valence-corrected chi connectivity index (χ0v) is 17.9. The van der Waals surface area contributed by atoms with Crippen molar-refractivity contribution in [3.05, 3.63) is 41.1 Å². The van der Waals surface area contributed by atoms with E-state index >= 15 is 0 Å². The van der Waals surface area contributed by atoms with Crippen molar-refractivity contribution >= 4 is 23.6 Å². The largest absolute Gasteiger partial charge is 0.459 e. The van der Waals surface area contributed by atoms with Crippen molar-refractivity contribution in [1.82, 2.24) is 10.2 Å². The third kappa shape index (κ3) is 5.82. The van der Waals surface area contributed by atoms with E-state index in [0.29, 0.717) is 28.9 Å². The van der Waals surface area contributed by atoms with Gasteiger partial charge in [0.2, 0.25) is 5.91 Å². The molecule has 0 saturated carbocycles. The van der Waals surface area contributed by atoms with Gasteiger partial charge in [-0.25, -0.2) is 9.59 Å². The van der Waals surface area contributed by atoms with Crippen LogP contribution in [0.3, 0.4) is 0 Å². The molecule has 1 heterocycles. The fourth-order valence-corrected chi connectivity index (χ4v) is 3.18. The normalized spacial score (nSPS) is 16.7. The Morgan fingerprint density at radius 2 is 2.00 bits per heavy atom. The van der Waals surface area contributed by atoms with Gasteiger partial charge in [0.25, 0.3) is 0 Å². The standard InChI is InChI=1S/C22H31N3O4/c1-6-7-8-12-18(26)23-17-11-9-10-16(13-17)20-19(21(27)29-14(2)3)15(4)25(5)22(28)24-20/h9-11,13-14,20H,6-8,12H2,1-5H3,(H,23,26)(H,24,28)/t20-/m0/s1. The summed E-state index contributed by atoms with van der Waals surface area (Å²) in [5.41, 5.74) is 2.25. The molecule has 1 atom stereocenters. The Morgan fingerprint density at radius 3 is 2.66 bits per heavy atom. The summed E-state index contributed by atoms with van der Waals surface area (Å²) in [6, 6.07) is 6.23. The van der Waals surface area contributed by atoms with Crippen LogP contribution in [0, 0.1) is 0 Å². The molecule has 2 rings (SSSR count). The van der Waals surface area contributed by atoms with Crippen LogP contribution < -0.4 is 10.6 Å². The molecule has 1 aliphatic heterocycles. The summed E-state index contributed by atoms with van der Waals surface area (Å²) in [5, 5.41) is 5.75. The number of hydrogen-bond donors (Lipinski definition) is 2. The summed E-state index contributed by atoms with van der Waals surface area (Å²) in [5.74, 6) is -0.516. The maximum Gasteiger partial charge on any atom is 0.338 e. The quantitative estimate of drug-likeness (QED) is 0.506. The lowest BCUT2D eigenvalue weighted by molar-refractivity contribution is -0.143. The van der Waals surface area contributed by atoms with Crippen LogP contribution >= 0.6 is 0 Å². The van der Waals surface area contributed by atoms with Gasteiger partial charge in [-0.05, 0) is 44.9 Å². The number of nitrogens with one attached hydrogen (secondary N) is 2. The van der Waals surface area contributed by atoms with Gasteiger partial charge in [0, 0.05) is 24.9 Å². The summed E-state index contributed by atoms with van der Waals surface area (Å²) in [6.07, 6.45) is 3.11. The second-order valence-corrected chi connectivity index (χ2v) is 7.53. The lowest BCUT2D eigenvalue weighted by atomic mass is 9.94. The Labute approximate surface area is 172 Å². The highest BCUT2D eigenvalue weighted by Gasteiger charge is 2.35. The average Bonchev–Trinajstić information content (AvgIpc) is 2.65. The number of nitrogens with zero attached hydrogens (tertiary/aromatic N) is 1. The summed E-state index contributed by atoms with van der Waals surface area (Å²) >= 11 is 0. The van der Waals surface area contributed by atoms with Crippen molar-refractivity contribution in [1.29, 1.82) is 0 Å². The molecule has 1 aromatic carbocycles. The molecule has 0 aromatic heterocycles. The van der Waals surface area contributed by atoms with Gasteiger partial charge in [-0.2, -0.15) is 0 Å². The van der Waals surface area contributed by atoms with E-state index < -0.39 is 12.0 Å². The number of anilines is 1. The highest BCUT2D eigenvalue weighted by molar-refractivity contribution is 5.95. The number of rotatable bonds is 8. The number of hydrogen-bond acceptors (Lipinski definition) is 4. The predicted octanol–water partition coefficient (Wildman–Crippen LogP) is 4.13. The molecule has 3 amide bonds. The first-order valence-corrected chi connectivity index (χ1v) is 10.1. The molecule has 0 radical (unpaired) electrons. The van der Waals surface area contributed by atoms with Crippen LogP contribution in [0.5, 0.6) is 0 Å². The monoisotopic (exact) mass is 401 g/mol. The number of unbranched alkanes of at least 4 members (excludes halogenated alkanes) is 2. The molecule has 0 unspecified atom stereocenters. The Kier molecular flexibility index (Phi) is 7.82. The summed E-state index contributed by atoms with van der Waals surface area (Å²) in [6.45, 7) is 7.38. The second-order valence-electron chi connectivity index (χ2n) is 7.53. The van der Waals surface area contributed by atoms with E-state index in [1.807, 2.05) is 6.07 Å². The van der Waals surface area contributed by atoms with Crippen LogP contribution in [-0.4, -0.2) is 36.0 Å². The van der Waals surface area contributed by atoms with Crippen LogP contribution in [0.4, 0.5) is 10.5 Å².